The monoisotopic (exact) mass is 409 g/mol. The standard InChI is InChI=1S/C24H28FN3O2/c1-17(29)27-14-7-13-24(2)22(27)12-6-15-28(24)23(30)21-11-5-9-19(26-21)16-18-8-3-4-10-20(18)25/h3-5,8-11,22H,6-7,12-16H2,1-2H3/t22-,24+/m1/s1. The molecule has 2 aliphatic heterocycles. The van der Waals surface area contributed by atoms with Crippen LogP contribution in [0.25, 0.3) is 0 Å². The summed E-state index contributed by atoms with van der Waals surface area (Å²) < 4.78 is 14.0. The maximum absolute atomic E-state index is 14.0. The second-order valence-electron chi connectivity index (χ2n) is 8.57. The lowest BCUT2D eigenvalue weighted by atomic mass is 9.76. The number of pyridine rings is 1. The van der Waals surface area contributed by atoms with E-state index in [4.69, 9.17) is 0 Å². The Morgan fingerprint density at radius 1 is 1.13 bits per heavy atom. The number of amides is 2. The summed E-state index contributed by atoms with van der Waals surface area (Å²) >= 11 is 0. The van der Waals surface area contributed by atoms with Gasteiger partial charge in [0.25, 0.3) is 5.91 Å². The Morgan fingerprint density at radius 3 is 2.70 bits per heavy atom. The summed E-state index contributed by atoms with van der Waals surface area (Å²) in [4.78, 5) is 34.1. The van der Waals surface area contributed by atoms with Crippen LogP contribution in [0.5, 0.6) is 0 Å². The molecule has 2 aliphatic rings. The van der Waals surface area contributed by atoms with Crippen molar-refractivity contribution in [3.05, 3.63) is 65.2 Å². The third-order valence-electron chi connectivity index (χ3n) is 6.66. The molecule has 158 valence electrons. The van der Waals surface area contributed by atoms with Crippen LogP contribution in [0.4, 0.5) is 4.39 Å². The van der Waals surface area contributed by atoms with Crippen LogP contribution in [-0.4, -0.2) is 51.3 Å². The number of fused-ring (bicyclic) bond motifs is 1. The normalized spacial score (nSPS) is 23.8. The van der Waals surface area contributed by atoms with E-state index in [1.807, 2.05) is 21.9 Å². The van der Waals surface area contributed by atoms with Gasteiger partial charge < -0.3 is 9.80 Å². The van der Waals surface area contributed by atoms with E-state index in [-0.39, 0.29) is 29.2 Å². The first-order valence-corrected chi connectivity index (χ1v) is 10.7. The second-order valence-corrected chi connectivity index (χ2v) is 8.57. The van der Waals surface area contributed by atoms with E-state index < -0.39 is 0 Å². The number of hydrogen-bond acceptors (Lipinski definition) is 3. The number of rotatable bonds is 3. The van der Waals surface area contributed by atoms with Gasteiger partial charge >= 0.3 is 0 Å². The van der Waals surface area contributed by atoms with Crippen LogP contribution in [-0.2, 0) is 11.2 Å². The van der Waals surface area contributed by atoms with E-state index in [0.29, 0.717) is 29.9 Å². The molecule has 2 fully saturated rings. The van der Waals surface area contributed by atoms with Gasteiger partial charge in [-0.05, 0) is 56.4 Å². The van der Waals surface area contributed by atoms with Gasteiger partial charge in [0.15, 0.2) is 0 Å². The fraction of sp³-hybridized carbons (Fsp3) is 0.458. The first kappa shape index (κ1) is 20.5. The summed E-state index contributed by atoms with van der Waals surface area (Å²) in [6.07, 6.45) is 3.89. The fourth-order valence-corrected chi connectivity index (χ4v) is 5.13. The van der Waals surface area contributed by atoms with Crippen molar-refractivity contribution in [1.29, 1.82) is 0 Å². The van der Waals surface area contributed by atoms with Crippen LogP contribution in [0.3, 0.4) is 0 Å². The van der Waals surface area contributed by atoms with Crippen molar-refractivity contribution in [2.24, 2.45) is 0 Å². The number of piperidine rings is 2. The molecule has 2 saturated heterocycles. The smallest absolute Gasteiger partial charge is 0.272 e. The van der Waals surface area contributed by atoms with Gasteiger partial charge in [-0.25, -0.2) is 9.37 Å². The lowest BCUT2D eigenvalue weighted by molar-refractivity contribution is -0.140. The highest BCUT2D eigenvalue weighted by Gasteiger charge is 2.50. The predicted molar refractivity (Wildman–Crippen MR) is 113 cm³/mol. The van der Waals surface area contributed by atoms with Crippen LogP contribution in [0.2, 0.25) is 0 Å². The Morgan fingerprint density at radius 2 is 1.93 bits per heavy atom. The average molecular weight is 410 g/mol. The molecule has 2 amide bonds. The van der Waals surface area contributed by atoms with E-state index in [0.717, 1.165) is 32.2 Å². The zero-order valence-electron chi connectivity index (χ0n) is 17.6. The van der Waals surface area contributed by atoms with Gasteiger partial charge in [0.1, 0.15) is 11.5 Å². The summed E-state index contributed by atoms with van der Waals surface area (Å²) in [5, 5.41) is 0. The Balaban J connectivity index is 1.59. The molecule has 3 heterocycles. The highest BCUT2D eigenvalue weighted by Crippen LogP contribution is 2.39. The molecule has 0 saturated carbocycles. The van der Waals surface area contributed by atoms with Crippen LogP contribution >= 0.6 is 0 Å². The van der Waals surface area contributed by atoms with Crippen LogP contribution in [0.1, 0.15) is 61.3 Å². The summed E-state index contributed by atoms with van der Waals surface area (Å²) in [6.45, 7) is 5.14. The quantitative estimate of drug-likeness (QED) is 0.775. The predicted octanol–water partition coefficient (Wildman–Crippen LogP) is 3.82. The molecule has 30 heavy (non-hydrogen) atoms. The zero-order chi connectivity index (χ0) is 21.3. The molecule has 0 radical (unpaired) electrons. The summed E-state index contributed by atoms with van der Waals surface area (Å²) in [5.41, 5.74) is 1.22. The lowest BCUT2D eigenvalue weighted by Crippen LogP contribution is -2.68. The summed E-state index contributed by atoms with van der Waals surface area (Å²) in [6, 6.07) is 12.0. The average Bonchev–Trinajstić information content (AvgIpc) is 2.73. The van der Waals surface area contributed by atoms with Gasteiger partial charge in [-0.1, -0.05) is 24.3 Å². The van der Waals surface area contributed by atoms with Gasteiger partial charge in [-0.15, -0.1) is 0 Å². The van der Waals surface area contributed by atoms with Crippen molar-refractivity contribution in [1.82, 2.24) is 14.8 Å². The second kappa shape index (κ2) is 8.17. The number of halogens is 1. The third kappa shape index (κ3) is 3.71. The highest BCUT2D eigenvalue weighted by molar-refractivity contribution is 5.93. The molecule has 0 N–H and O–H groups in total. The molecule has 0 unspecified atom stereocenters. The third-order valence-corrected chi connectivity index (χ3v) is 6.66. The molecular weight excluding hydrogens is 381 g/mol. The SMILES string of the molecule is CC(=O)N1CCC[C@@]2(C)[C@H]1CCCN2C(=O)c1cccc(Cc2ccccc2F)n1. The Bertz CT molecular complexity index is 963. The summed E-state index contributed by atoms with van der Waals surface area (Å²) in [5.74, 6) is -0.304. The van der Waals surface area contributed by atoms with E-state index >= 15 is 0 Å². The zero-order valence-corrected chi connectivity index (χ0v) is 17.6. The summed E-state index contributed by atoms with van der Waals surface area (Å²) in [7, 11) is 0. The maximum Gasteiger partial charge on any atom is 0.272 e. The number of carbonyl (C=O) groups excluding carboxylic acids is 2. The molecule has 2 aromatic rings. The molecular formula is C24H28FN3O2. The Labute approximate surface area is 176 Å². The number of nitrogens with zero attached hydrogens (tertiary/aromatic N) is 3. The molecule has 4 rings (SSSR count). The first-order valence-electron chi connectivity index (χ1n) is 10.7. The van der Waals surface area contributed by atoms with Crippen molar-refractivity contribution in [3.8, 4) is 0 Å². The van der Waals surface area contributed by atoms with Crippen LogP contribution < -0.4 is 0 Å². The molecule has 5 nitrogen and oxygen atoms in total. The number of benzene rings is 1. The number of hydrogen-bond donors (Lipinski definition) is 0. The molecule has 2 atom stereocenters. The largest absolute Gasteiger partial charge is 0.338 e. The van der Waals surface area contributed by atoms with Gasteiger partial charge in [-0.3, -0.25) is 9.59 Å². The number of likely N-dealkylation sites (tertiary alicyclic amines) is 2. The van der Waals surface area contributed by atoms with Crippen molar-refractivity contribution in [2.75, 3.05) is 13.1 Å². The van der Waals surface area contributed by atoms with Gasteiger partial charge in [0, 0.05) is 32.1 Å². The minimum Gasteiger partial charge on any atom is -0.338 e. The van der Waals surface area contributed by atoms with Crippen molar-refractivity contribution < 1.29 is 14.0 Å². The van der Waals surface area contributed by atoms with Gasteiger partial charge in [0.2, 0.25) is 5.91 Å². The lowest BCUT2D eigenvalue weighted by Gasteiger charge is -2.56. The molecule has 1 aromatic carbocycles. The van der Waals surface area contributed by atoms with Gasteiger partial charge in [-0.2, -0.15) is 0 Å². The highest BCUT2D eigenvalue weighted by atomic mass is 19.1. The van der Waals surface area contributed by atoms with Crippen molar-refractivity contribution >= 4 is 11.8 Å². The van der Waals surface area contributed by atoms with Gasteiger partial charge in [0.05, 0.1) is 11.6 Å². The van der Waals surface area contributed by atoms with E-state index in [2.05, 4.69) is 11.9 Å². The number of carbonyl (C=O) groups is 2. The maximum atomic E-state index is 14.0. The fourth-order valence-electron chi connectivity index (χ4n) is 5.13. The Hall–Kier alpha value is -2.76. The van der Waals surface area contributed by atoms with Crippen LogP contribution in [0, 0.1) is 5.82 Å². The minimum absolute atomic E-state index is 0.0445. The minimum atomic E-state index is -0.386. The van der Waals surface area contributed by atoms with Crippen LogP contribution in [0.15, 0.2) is 42.5 Å². The van der Waals surface area contributed by atoms with E-state index in [1.54, 1.807) is 31.2 Å². The molecule has 0 spiro atoms. The van der Waals surface area contributed by atoms with E-state index in [1.165, 1.54) is 6.07 Å². The van der Waals surface area contributed by atoms with Crippen molar-refractivity contribution in [3.63, 3.8) is 0 Å². The molecule has 6 heteroatoms. The van der Waals surface area contributed by atoms with Crippen molar-refractivity contribution in [2.45, 2.75) is 57.5 Å². The molecule has 0 bridgehead atoms. The topological polar surface area (TPSA) is 53.5 Å². The molecule has 0 aliphatic carbocycles. The Kier molecular flexibility index (Phi) is 5.58. The number of aromatic nitrogens is 1. The molecule has 1 aromatic heterocycles. The van der Waals surface area contributed by atoms with E-state index in [9.17, 15) is 14.0 Å². The first-order chi connectivity index (χ1) is 14.4.